The highest BCUT2D eigenvalue weighted by Gasteiger charge is 2.41. The highest BCUT2D eigenvalue weighted by atomic mass is 79.9. The molecule has 0 radical (unpaired) electrons. The van der Waals surface area contributed by atoms with Crippen molar-refractivity contribution in [3.8, 4) is 5.69 Å². The first-order chi connectivity index (χ1) is 17.4. The number of pyridine rings is 1. The number of piperidine rings is 1. The zero-order chi connectivity index (χ0) is 24.9. The van der Waals surface area contributed by atoms with Gasteiger partial charge in [0.15, 0.2) is 0 Å². The van der Waals surface area contributed by atoms with Crippen molar-refractivity contribution in [3.63, 3.8) is 0 Å². The average molecular weight is 551 g/mol. The van der Waals surface area contributed by atoms with E-state index in [-0.39, 0.29) is 11.0 Å². The summed E-state index contributed by atoms with van der Waals surface area (Å²) in [5, 5.41) is 9.25. The molecule has 0 spiro atoms. The molecule has 0 saturated carbocycles. The highest BCUT2D eigenvalue weighted by molar-refractivity contribution is 9.10. The van der Waals surface area contributed by atoms with Gasteiger partial charge in [0.2, 0.25) is 0 Å². The van der Waals surface area contributed by atoms with Crippen LogP contribution in [0.3, 0.4) is 0 Å². The number of nitrogens with one attached hydrogen (secondary N) is 1. The van der Waals surface area contributed by atoms with Crippen LogP contribution in [0.1, 0.15) is 36.8 Å². The third-order valence-corrected chi connectivity index (χ3v) is 8.37. The Morgan fingerprint density at radius 1 is 1.28 bits per heavy atom. The van der Waals surface area contributed by atoms with Gasteiger partial charge >= 0.3 is 0 Å². The molecular weight excluding hydrogens is 520 g/mol. The Hall–Kier alpha value is -2.75. The molecule has 2 fully saturated rings. The van der Waals surface area contributed by atoms with Crippen LogP contribution in [0.25, 0.3) is 16.6 Å². The van der Waals surface area contributed by atoms with Gasteiger partial charge < -0.3 is 14.3 Å². The van der Waals surface area contributed by atoms with Gasteiger partial charge in [-0.05, 0) is 65.0 Å². The number of likely N-dealkylation sites (tertiary alicyclic amines) is 1. The summed E-state index contributed by atoms with van der Waals surface area (Å²) in [6.07, 6.45) is 6.88. The first-order valence-electron chi connectivity index (χ1n) is 12.6. The summed E-state index contributed by atoms with van der Waals surface area (Å²) < 4.78 is 10.2. The number of aromatic amines is 1. The number of aryl methyl sites for hydroxylation is 1. The summed E-state index contributed by atoms with van der Waals surface area (Å²) in [6.45, 7) is 6.61. The fourth-order valence-corrected chi connectivity index (χ4v) is 6.17. The van der Waals surface area contributed by atoms with Crippen molar-refractivity contribution < 1.29 is 4.74 Å². The summed E-state index contributed by atoms with van der Waals surface area (Å²) in [5.41, 5.74) is 3.48. The molecule has 0 unspecified atom stereocenters. The fourth-order valence-electron chi connectivity index (χ4n) is 5.65. The minimum absolute atomic E-state index is 0.0455. The van der Waals surface area contributed by atoms with E-state index in [1.165, 1.54) is 12.8 Å². The van der Waals surface area contributed by atoms with E-state index in [9.17, 15) is 4.79 Å². The lowest BCUT2D eigenvalue weighted by molar-refractivity contribution is -0.0611. The number of benzene rings is 1. The summed E-state index contributed by atoms with van der Waals surface area (Å²) in [5.74, 6) is 1.64. The molecule has 0 aliphatic carbocycles. The van der Waals surface area contributed by atoms with Crippen molar-refractivity contribution in [2.45, 2.75) is 38.1 Å². The van der Waals surface area contributed by atoms with E-state index in [1.807, 2.05) is 29.9 Å². The third-order valence-electron chi connectivity index (χ3n) is 7.74. The number of halogens is 1. The molecule has 1 atom stereocenters. The van der Waals surface area contributed by atoms with E-state index in [4.69, 9.17) is 4.74 Å². The maximum atomic E-state index is 13.6. The van der Waals surface area contributed by atoms with Crippen molar-refractivity contribution in [2.75, 3.05) is 26.3 Å². The molecule has 9 heteroatoms. The summed E-state index contributed by atoms with van der Waals surface area (Å²) in [7, 11) is 1.96. The van der Waals surface area contributed by atoms with Crippen LogP contribution in [0.2, 0.25) is 0 Å². The third kappa shape index (κ3) is 4.23. The van der Waals surface area contributed by atoms with Gasteiger partial charge in [-0.25, -0.2) is 0 Å². The number of hydrogen-bond acceptors (Lipinski definition) is 5. The Morgan fingerprint density at radius 3 is 2.86 bits per heavy atom. The number of rotatable bonds is 6. The Labute approximate surface area is 218 Å². The lowest BCUT2D eigenvalue weighted by Gasteiger charge is -2.41. The Bertz CT molecular complexity index is 1470. The number of aromatic nitrogens is 5. The number of ether oxygens (including phenoxy) is 1. The monoisotopic (exact) mass is 550 g/mol. The van der Waals surface area contributed by atoms with Crippen molar-refractivity contribution in [3.05, 3.63) is 74.8 Å². The second kappa shape index (κ2) is 9.28. The zero-order valence-electron chi connectivity index (χ0n) is 20.7. The van der Waals surface area contributed by atoms with E-state index in [0.29, 0.717) is 18.7 Å². The largest absolute Gasteiger partial charge is 0.379 e. The Kier molecular flexibility index (Phi) is 6.09. The molecule has 188 valence electrons. The molecule has 1 aromatic carbocycles. The van der Waals surface area contributed by atoms with E-state index < -0.39 is 0 Å². The van der Waals surface area contributed by atoms with Crippen LogP contribution < -0.4 is 5.56 Å². The van der Waals surface area contributed by atoms with Crippen LogP contribution in [0, 0.1) is 5.92 Å². The topological polar surface area (TPSA) is 81.0 Å². The second-order valence-electron chi connectivity index (χ2n) is 10.6. The van der Waals surface area contributed by atoms with Gasteiger partial charge in [-0.1, -0.05) is 19.1 Å². The summed E-state index contributed by atoms with van der Waals surface area (Å²) in [4.78, 5) is 19.6. The van der Waals surface area contributed by atoms with Gasteiger partial charge in [-0.15, -0.1) is 10.2 Å². The first-order valence-corrected chi connectivity index (χ1v) is 13.4. The number of nitrogens with zero attached hydrogens (tertiary/aromatic N) is 5. The molecule has 0 bridgehead atoms. The van der Waals surface area contributed by atoms with Crippen molar-refractivity contribution >= 4 is 26.8 Å². The Morgan fingerprint density at radius 2 is 2.14 bits per heavy atom. The normalized spacial score (nSPS) is 20.0. The molecule has 2 aliphatic rings. The standard InChI is InChI=1S/C27H31BrN6O2/c1-18-5-4-8-33(12-18)13-20-10-22-23(28)14-34(26(35)25(22)30-20)21-7-3-6-19(9-21)27(15-36-16-27)11-24-31-29-17-32(24)2/h3,6-7,9-10,14,17-18,30H,4-5,8,11-13,15-16H2,1-2H3/t18-/m0/s1. The molecule has 6 rings (SSSR count). The molecule has 5 heterocycles. The Balaban J connectivity index is 1.34. The van der Waals surface area contributed by atoms with Gasteiger partial charge in [-0.3, -0.25) is 14.3 Å². The van der Waals surface area contributed by atoms with Gasteiger partial charge in [-0.2, -0.15) is 0 Å². The molecule has 2 saturated heterocycles. The maximum absolute atomic E-state index is 13.6. The van der Waals surface area contributed by atoms with E-state index in [1.54, 1.807) is 10.9 Å². The second-order valence-corrected chi connectivity index (χ2v) is 11.4. The van der Waals surface area contributed by atoms with Crippen LogP contribution in [0.4, 0.5) is 0 Å². The summed E-state index contributed by atoms with van der Waals surface area (Å²) >= 11 is 3.73. The predicted octanol–water partition coefficient (Wildman–Crippen LogP) is 3.95. The van der Waals surface area contributed by atoms with Crippen LogP contribution in [0.15, 0.2) is 52.1 Å². The van der Waals surface area contributed by atoms with Crippen molar-refractivity contribution in [2.24, 2.45) is 13.0 Å². The minimum Gasteiger partial charge on any atom is -0.379 e. The summed E-state index contributed by atoms with van der Waals surface area (Å²) in [6, 6.07) is 10.3. The van der Waals surface area contributed by atoms with Crippen LogP contribution >= 0.6 is 15.9 Å². The molecule has 8 nitrogen and oxygen atoms in total. The van der Waals surface area contributed by atoms with Crippen LogP contribution in [-0.4, -0.2) is 55.5 Å². The maximum Gasteiger partial charge on any atom is 0.279 e. The molecule has 3 aromatic heterocycles. The van der Waals surface area contributed by atoms with Crippen LogP contribution in [-0.2, 0) is 30.2 Å². The highest BCUT2D eigenvalue weighted by Crippen LogP contribution is 2.36. The molecule has 36 heavy (non-hydrogen) atoms. The SMILES string of the molecule is C[C@H]1CCCN(Cc2cc3c(Br)cn(-c4cccc(C5(Cc6nncn6C)COC5)c4)c(=O)c3[nH]2)C1. The van der Waals surface area contributed by atoms with Crippen LogP contribution in [0.5, 0.6) is 0 Å². The van der Waals surface area contributed by atoms with E-state index >= 15 is 0 Å². The van der Waals surface area contributed by atoms with Gasteiger partial charge in [0.1, 0.15) is 17.7 Å². The fraction of sp³-hybridized carbons (Fsp3) is 0.444. The first kappa shape index (κ1) is 23.6. The van der Waals surface area contributed by atoms with Gasteiger partial charge in [0.05, 0.1) is 13.2 Å². The number of hydrogen-bond donors (Lipinski definition) is 1. The lowest BCUT2D eigenvalue weighted by Crippen LogP contribution is -2.49. The molecule has 2 aliphatic heterocycles. The van der Waals surface area contributed by atoms with E-state index in [0.717, 1.165) is 64.6 Å². The molecule has 1 N–H and O–H groups in total. The average Bonchev–Trinajstić information content (AvgIpc) is 3.45. The van der Waals surface area contributed by atoms with Crippen molar-refractivity contribution in [1.29, 1.82) is 0 Å². The smallest absolute Gasteiger partial charge is 0.279 e. The van der Waals surface area contributed by atoms with E-state index in [2.05, 4.69) is 61.1 Å². The zero-order valence-corrected chi connectivity index (χ0v) is 22.3. The van der Waals surface area contributed by atoms with Gasteiger partial charge in [0, 0.05) is 59.4 Å². The lowest BCUT2D eigenvalue weighted by atomic mass is 9.75. The molecular formula is C27H31BrN6O2. The van der Waals surface area contributed by atoms with Gasteiger partial charge in [0.25, 0.3) is 5.56 Å². The van der Waals surface area contributed by atoms with Crippen molar-refractivity contribution in [1.82, 2.24) is 29.2 Å². The quantitative estimate of drug-likeness (QED) is 0.393. The molecule has 0 amide bonds. The number of H-pyrrole nitrogens is 1. The number of fused-ring (bicyclic) bond motifs is 1. The molecule has 4 aromatic rings. The predicted molar refractivity (Wildman–Crippen MR) is 142 cm³/mol. The minimum atomic E-state index is -0.174.